The molecule has 0 bridgehead atoms. The van der Waals surface area contributed by atoms with Crippen LogP contribution in [0, 0.1) is 0 Å². The molecule has 1 atom stereocenters. The van der Waals surface area contributed by atoms with Crippen LogP contribution >= 0.6 is 0 Å². The van der Waals surface area contributed by atoms with Crippen molar-refractivity contribution >= 4 is 11.7 Å². The molecule has 2 fully saturated rings. The van der Waals surface area contributed by atoms with Gasteiger partial charge in [0.15, 0.2) is 0 Å². The summed E-state index contributed by atoms with van der Waals surface area (Å²) in [4.78, 5) is 18.8. The number of phenols is 1. The van der Waals surface area contributed by atoms with E-state index in [2.05, 4.69) is 20.5 Å². The van der Waals surface area contributed by atoms with Gasteiger partial charge in [0, 0.05) is 49.5 Å². The van der Waals surface area contributed by atoms with Crippen molar-refractivity contribution in [1.82, 2.24) is 15.6 Å². The lowest BCUT2D eigenvalue weighted by Crippen LogP contribution is -2.32. The predicted molar refractivity (Wildman–Crippen MR) is 107 cm³/mol. The molecule has 148 valence electrons. The molecule has 7 nitrogen and oxygen atoms in total. The lowest BCUT2D eigenvalue weighted by Gasteiger charge is -2.18. The maximum atomic E-state index is 12.1. The maximum absolute atomic E-state index is 12.1. The van der Waals surface area contributed by atoms with Gasteiger partial charge in [-0.3, -0.25) is 4.79 Å². The number of ether oxygens (including phenoxy) is 1. The van der Waals surface area contributed by atoms with Crippen LogP contribution in [0.15, 0.2) is 36.5 Å². The van der Waals surface area contributed by atoms with Crippen LogP contribution < -0.4 is 20.3 Å². The third-order valence-electron chi connectivity index (χ3n) is 5.31. The third kappa shape index (κ3) is 4.36. The van der Waals surface area contributed by atoms with Gasteiger partial charge in [-0.15, -0.1) is 0 Å². The number of amides is 1. The van der Waals surface area contributed by atoms with Crippen molar-refractivity contribution in [3.05, 3.63) is 47.7 Å². The standard InChI is InChI=1S/C21H26N4O3/c1-28-18-6-2-14(19(26)10-18)11-22-17-8-9-25(13-17)20-7-3-15(12-23-20)21(27)24-16-4-5-16/h2-3,6-7,10,12,16-17,22,26H,4-5,8-9,11,13H2,1H3,(H,24,27). The minimum atomic E-state index is -0.0400. The molecule has 1 saturated heterocycles. The number of hydrogen-bond donors (Lipinski definition) is 3. The Morgan fingerprint density at radius 3 is 2.79 bits per heavy atom. The molecule has 2 aliphatic rings. The van der Waals surface area contributed by atoms with Crippen LogP contribution in [0.4, 0.5) is 5.82 Å². The second-order valence-corrected chi connectivity index (χ2v) is 7.46. The Morgan fingerprint density at radius 2 is 2.11 bits per heavy atom. The molecule has 1 unspecified atom stereocenters. The van der Waals surface area contributed by atoms with Crippen LogP contribution in [-0.4, -0.2) is 48.3 Å². The molecular weight excluding hydrogens is 356 g/mol. The van der Waals surface area contributed by atoms with Gasteiger partial charge in [-0.05, 0) is 37.5 Å². The van der Waals surface area contributed by atoms with Gasteiger partial charge < -0.3 is 25.4 Å². The molecule has 0 spiro atoms. The largest absolute Gasteiger partial charge is 0.507 e. The first-order chi connectivity index (χ1) is 13.6. The third-order valence-corrected chi connectivity index (χ3v) is 5.31. The molecule has 1 amide bonds. The van der Waals surface area contributed by atoms with Crippen molar-refractivity contribution in [1.29, 1.82) is 0 Å². The molecule has 3 N–H and O–H groups in total. The van der Waals surface area contributed by atoms with Crippen LogP contribution in [0.1, 0.15) is 35.2 Å². The molecule has 2 heterocycles. The van der Waals surface area contributed by atoms with E-state index >= 15 is 0 Å². The summed E-state index contributed by atoms with van der Waals surface area (Å²) < 4.78 is 5.12. The molecule has 1 aromatic carbocycles. The van der Waals surface area contributed by atoms with E-state index < -0.39 is 0 Å². The number of aromatic hydroxyl groups is 1. The maximum Gasteiger partial charge on any atom is 0.253 e. The highest BCUT2D eigenvalue weighted by atomic mass is 16.5. The van der Waals surface area contributed by atoms with E-state index in [0.29, 0.717) is 29.9 Å². The Kier molecular flexibility index (Phi) is 5.34. The van der Waals surface area contributed by atoms with Crippen LogP contribution in [-0.2, 0) is 6.54 Å². The van der Waals surface area contributed by atoms with E-state index in [1.54, 1.807) is 19.4 Å². The van der Waals surface area contributed by atoms with E-state index in [4.69, 9.17) is 4.74 Å². The quantitative estimate of drug-likeness (QED) is 0.680. The first kappa shape index (κ1) is 18.6. The highest BCUT2D eigenvalue weighted by molar-refractivity contribution is 5.94. The van der Waals surface area contributed by atoms with E-state index in [9.17, 15) is 9.90 Å². The summed E-state index contributed by atoms with van der Waals surface area (Å²) >= 11 is 0. The number of methoxy groups -OCH3 is 1. The van der Waals surface area contributed by atoms with Crippen molar-refractivity contribution < 1.29 is 14.6 Å². The molecule has 1 aliphatic carbocycles. The number of carbonyl (C=O) groups excluding carboxylic acids is 1. The zero-order chi connectivity index (χ0) is 19.5. The van der Waals surface area contributed by atoms with Crippen molar-refractivity contribution in [3.8, 4) is 11.5 Å². The number of pyridine rings is 1. The number of anilines is 1. The van der Waals surface area contributed by atoms with Gasteiger partial charge in [-0.2, -0.15) is 0 Å². The highest BCUT2D eigenvalue weighted by Crippen LogP contribution is 2.24. The molecule has 1 saturated carbocycles. The number of rotatable bonds is 7. The van der Waals surface area contributed by atoms with Crippen molar-refractivity contribution in [2.45, 2.75) is 37.9 Å². The molecule has 4 rings (SSSR count). The topological polar surface area (TPSA) is 86.7 Å². The fourth-order valence-electron chi connectivity index (χ4n) is 3.41. The Hall–Kier alpha value is -2.80. The van der Waals surface area contributed by atoms with Gasteiger partial charge in [0.2, 0.25) is 0 Å². The number of carbonyl (C=O) groups is 1. The second kappa shape index (κ2) is 8.06. The van der Waals surface area contributed by atoms with Crippen molar-refractivity contribution in [2.75, 3.05) is 25.1 Å². The number of phenolic OH excluding ortho intramolecular Hbond substituents is 1. The molecule has 1 aliphatic heterocycles. The number of benzene rings is 1. The highest BCUT2D eigenvalue weighted by Gasteiger charge is 2.25. The minimum Gasteiger partial charge on any atom is -0.507 e. The molecule has 1 aromatic heterocycles. The van der Waals surface area contributed by atoms with E-state index in [0.717, 1.165) is 43.7 Å². The summed E-state index contributed by atoms with van der Waals surface area (Å²) in [6.45, 7) is 2.35. The van der Waals surface area contributed by atoms with E-state index in [1.807, 2.05) is 24.3 Å². The second-order valence-electron chi connectivity index (χ2n) is 7.46. The Labute approximate surface area is 164 Å². The Balaban J connectivity index is 1.29. The Bertz CT molecular complexity index is 836. The average Bonchev–Trinajstić information content (AvgIpc) is 3.40. The Morgan fingerprint density at radius 1 is 1.25 bits per heavy atom. The number of hydrogen-bond acceptors (Lipinski definition) is 6. The SMILES string of the molecule is COc1ccc(CNC2CCN(c3ccc(C(=O)NC4CC4)cn3)C2)c(O)c1. The van der Waals surface area contributed by atoms with Crippen LogP contribution in [0.5, 0.6) is 11.5 Å². The average molecular weight is 382 g/mol. The lowest BCUT2D eigenvalue weighted by molar-refractivity contribution is 0.0950. The summed E-state index contributed by atoms with van der Waals surface area (Å²) in [6.07, 6.45) is 4.81. The molecular formula is C21H26N4O3. The van der Waals surface area contributed by atoms with Gasteiger partial charge in [0.05, 0.1) is 12.7 Å². The van der Waals surface area contributed by atoms with Gasteiger partial charge in [-0.25, -0.2) is 4.98 Å². The number of nitrogens with one attached hydrogen (secondary N) is 2. The predicted octanol–water partition coefficient (Wildman–Crippen LogP) is 2.06. The lowest BCUT2D eigenvalue weighted by atomic mass is 10.1. The summed E-state index contributed by atoms with van der Waals surface area (Å²) in [5.74, 6) is 1.73. The smallest absolute Gasteiger partial charge is 0.253 e. The summed E-state index contributed by atoms with van der Waals surface area (Å²) in [5, 5.41) is 16.6. The molecule has 0 radical (unpaired) electrons. The fourth-order valence-corrected chi connectivity index (χ4v) is 3.41. The van der Waals surface area contributed by atoms with Crippen molar-refractivity contribution in [2.24, 2.45) is 0 Å². The van der Waals surface area contributed by atoms with Crippen LogP contribution in [0.2, 0.25) is 0 Å². The monoisotopic (exact) mass is 382 g/mol. The summed E-state index contributed by atoms with van der Waals surface area (Å²) in [5.41, 5.74) is 1.46. The first-order valence-corrected chi connectivity index (χ1v) is 9.73. The first-order valence-electron chi connectivity index (χ1n) is 9.73. The zero-order valence-corrected chi connectivity index (χ0v) is 16.0. The number of nitrogens with zero attached hydrogens (tertiary/aromatic N) is 2. The fraction of sp³-hybridized carbons (Fsp3) is 0.429. The summed E-state index contributed by atoms with van der Waals surface area (Å²) in [6, 6.07) is 9.78. The number of aromatic nitrogens is 1. The summed E-state index contributed by atoms with van der Waals surface area (Å²) in [7, 11) is 1.58. The van der Waals surface area contributed by atoms with Crippen molar-refractivity contribution in [3.63, 3.8) is 0 Å². The normalized spacial score (nSPS) is 18.9. The van der Waals surface area contributed by atoms with Crippen LogP contribution in [0.3, 0.4) is 0 Å². The van der Waals surface area contributed by atoms with Gasteiger partial charge in [-0.1, -0.05) is 6.07 Å². The van der Waals surface area contributed by atoms with Gasteiger partial charge in [0.25, 0.3) is 5.91 Å². The zero-order valence-electron chi connectivity index (χ0n) is 16.0. The molecule has 7 heteroatoms. The molecule has 28 heavy (non-hydrogen) atoms. The van der Waals surface area contributed by atoms with Gasteiger partial charge >= 0.3 is 0 Å². The van der Waals surface area contributed by atoms with Gasteiger partial charge in [0.1, 0.15) is 17.3 Å². The molecule has 2 aromatic rings. The minimum absolute atomic E-state index is 0.0400. The van der Waals surface area contributed by atoms with Crippen LogP contribution in [0.25, 0.3) is 0 Å². The van der Waals surface area contributed by atoms with E-state index in [1.165, 1.54) is 0 Å². The van der Waals surface area contributed by atoms with E-state index in [-0.39, 0.29) is 11.7 Å².